The van der Waals surface area contributed by atoms with Gasteiger partial charge in [0.2, 0.25) is 11.9 Å². The molecule has 3 amide bonds. The van der Waals surface area contributed by atoms with E-state index in [0.29, 0.717) is 80.4 Å². The number of halogens is 4. The Kier molecular flexibility index (Phi) is 9.33. The molecule has 1 aromatic carbocycles. The summed E-state index contributed by atoms with van der Waals surface area (Å²) in [6.07, 6.45) is 5.22. The summed E-state index contributed by atoms with van der Waals surface area (Å²) in [4.78, 5) is 60.5. The first-order valence-electron chi connectivity index (χ1n) is 16.5. The highest BCUT2D eigenvalue weighted by Gasteiger charge is 2.42. The third-order valence-electron chi connectivity index (χ3n) is 9.30. The summed E-state index contributed by atoms with van der Waals surface area (Å²) in [5, 5.41) is 3.20. The van der Waals surface area contributed by atoms with E-state index in [9.17, 15) is 27.6 Å². The number of hydrogen-bond donors (Lipinski definition) is 2. The van der Waals surface area contributed by atoms with E-state index >= 15 is 0 Å². The Morgan fingerprint density at radius 1 is 1.10 bits per heavy atom. The first-order valence-corrected chi connectivity index (χ1v) is 16.9. The number of aromatic nitrogens is 2. The Labute approximate surface area is 295 Å². The van der Waals surface area contributed by atoms with E-state index in [2.05, 4.69) is 15.3 Å². The highest BCUT2D eigenvalue weighted by molar-refractivity contribution is 6.33. The third-order valence-corrected chi connectivity index (χ3v) is 9.61. The normalized spacial score (nSPS) is 18.5. The topological polar surface area (TPSA) is 126 Å². The van der Waals surface area contributed by atoms with Crippen LogP contribution in [0.1, 0.15) is 35.7 Å². The highest BCUT2D eigenvalue weighted by atomic mass is 35.5. The summed E-state index contributed by atoms with van der Waals surface area (Å²) in [7, 11) is 0. The van der Waals surface area contributed by atoms with Gasteiger partial charge >= 0.3 is 6.18 Å². The minimum Gasteiger partial charge on any atom is -0.377 e. The second kappa shape index (κ2) is 13.9. The molecule has 4 aliphatic rings. The van der Waals surface area contributed by atoms with E-state index in [1.165, 1.54) is 4.90 Å². The van der Waals surface area contributed by atoms with Crippen LogP contribution in [0, 0.1) is 0 Å². The van der Waals surface area contributed by atoms with Gasteiger partial charge < -0.3 is 29.7 Å². The molecule has 6 heterocycles. The van der Waals surface area contributed by atoms with Gasteiger partial charge in [-0.2, -0.15) is 13.2 Å². The summed E-state index contributed by atoms with van der Waals surface area (Å²) in [5.74, 6) is -0.729. The first-order chi connectivity index (χ1) is 24.5. The van der Waals surface area contributed by atoms with Gasteiger partial charge in [0, 0.05) is 56.7 Å². The van der Waals surface area contributed by atoms with Gasteiger partial charge in [-0.15, -0.1) is 0 Å². The molecule has 51 heavy (non-hydrogen) atoms. The number of guanidine groups is 1. The number of nitrogens with one attached hydrogen (secondary N) is 2. The zero-order chi connectivity index (χ0) is 35.9. The second-order valence-corrected chi connectivity index (χ2v) is 12.8. The fourth-order valence-electron chi connectivity index (χ4n) is 6.73. The summed E-state index contributed by atoms with van der Waals surface area (Å²) in [6.45, 7) is 4.17. The smallest absolute Gasteiger partial charge is 0.377 e. The lowest BCUT2D eigenvalue weighted by atomic mass is 10.0. The van der Waals surface area contributed by atoms with Crippen LogP contribution in [0.3, 0.4) is 0 Å². The van der Waals surface area contributed by atoms with Crippen molar-refractivity contribution >= 4 is 51.9 Å². The molecular weight excluding hydrogens is 689 g/mol. The first kappa shape index (κ1) is 34.3. The maximum atomic E-state index is 14.3. The number of fused-ring (bicyclic) bond motifs is 2. The SMILES string of the molecule is CCC1=C(N2CCN(C(=O)c3cncc4cc[nH]c34)CC2)C(=O)N2CC=C(C3=CCOCC3)N=C2N1CC(=O)Nc1ccc(C(F)(F)F)cc1Cl. The lowest BCUT2D eigenvalue weighted by Gasteiger charge is -2.45. The molecule has 12 nitrogen and oxygen atoms in total. The number of amides is 3. The van der Waals surface area contributed by atoms with Crippen LogP contribution in [0.15, 0.2) is 82.7 Å². The van der Waals surface area contributed by atoms with E-state index in [-0.39, 0.29) is 41.6 Å². The standard InChI is InChI=1S/C35H34ClF3N8O4/c1-2-28-31(44-11-13-45(14-12-44)32(49)24-19-40-18-22-5-9-41-30(22)24)33(50)46-10-6-26(21-7-15-51-16-8-21)43-34(46)47(28)20-29(48)42-27-4-3-23(17-25(27)36)35(37,38)39/h3-7,9,17-19,41H,2,8,10-16,20H2,1H3,(H,42,48). The summed E-state index contributed by atoms with van der Waals surface area (Å²) < 4.78 is 45.2. The Balaban J connectivity index is 1.17. The molecule has 266 valence electrons. The average molecular weight is 723 g/mol. The predicted molar refractivity (Wildman–Crippen MR) is 183 cm³/mol. The predicted octanol–water partition coefficient (Wildman–Crippen LogP) is 5.00. The van der Waals surface area contributed by atoms with Crippen LogP contribution in [-0.4, -0.2) is 106 Å². The number of allylic oxidation sites excluding steroid dienone is 2. The van der Waals surface area contributed by atoms with Gasteiger partial charge in [-0.1, -0.05) is 24.6 Å². The number of carbonyl (C=O) groups excluding carboxylic acids is 3. The number of carbonyl (C=O) groups is 3. The molecule has 4 aliphatic heterocycles. The molecule has 2 N–H and O–H groups in total. The average Bonchev–Trinajstić information content (AvgIpc) is 3.62. The second-order valence-electron chi connectivity index (χ2n) is 12.4. The molecule has 0 unspecified atom stereocenters. The van der Waals surface area contributed by atoms with Crippen molar-refractivity contribution in [2.24, 2.45) is 4.99 Å². The summed E-state index contributed by atoms with van der Waals surface area (Å²) in [5.41, 5.74) is 2.89. The number of ether oxygens (including phenoxy) is 1. The van der Waals surface area contributed by atoms with Gasteiger partial charge in [-0.25, -0.2) is 4.99 Å². The lowest BCUT2D eigenvalue weighted by molar-refractivity contribution is -0.137. The number of benzene rings is 1. The molecule has 1 fully saturated rings. The maximum absolute atomic E-state index is 14.3. The van der Waals surface area contributed by atoms with E-state index in [1.54, 1.807) is 28.4 Å². The van der Waals surface area contributed by atoms with Crippen molar-refractivity contribution in [3.8, 4) is 0 Å². The van der Waals surface area contributed by atoms with Gasteiger partial charge in [0.25, 0.3) is 11.8 Å². The number of rotatable bonds is 7. The van der Waals surface area contributed by atoms with Crippen molar-refractivity contribution < 1.29 is 32.3 Å². The Hall–Kier alpha value is -5.15. The Morgan fingerprint density at radius 3 is 2.61 bits per heavy atom. The minimum atomic E-state index is -4.59. The number of anilines is 1. The molecule has 0 spiro atoms. The van der Waals surface area contributed by atoms with Gasteiger partial charge in [-0.05, 0) is 48.8 Å². The van der Waals surface area contributed by atoms with Gasteiger partial charge in [-0.3, -0.25) is 24.3 Å². The minimum absolute atomic E-state index is 0.0198. The van der Waals surface area contributed by atoms with Crippen molar-refractivity contribution in [2.75, 3.05) is 57.8 Å². The Bertz CT molecular complexity index is 2030. The van der Waals surface area contributed by atoms with Crippen molar-refractivity contribution in [1.29, 1.82) is 0 Å². The van der Waals surface area contributed by atoms with Crippen LogP contribution >= 0.6 is 11.6 Å². The molecule has 2 aromatic heterocycles. The largest absolute Gasteiger partial charge is 0.416 e. The number of H-pyrrole nitrogens is 1. The quantitative estimate of drug-likeness (QED) is 0.352. The van der Waals surface area contributed by atoms with Gasteiger partial charge in [0.05, 0.1) is 52.0 Å². The molecule has 1 saturated heterocycles. The monoisotopic (exact) mass is 722 g/mol. The third kappa shape index (κ3) is 6.70. The van der Waals surface area contributed by atoms with Crippen LogP contribution in [-0.2, 0) is 20.5 Å². The Morgan fingerprint density at radius 2 is 1.90 bits per heavy atom. The number of nitrogens with zero attached hydrogens (tertiary/aromatic N) is 6. The van der Waals surface area contributed by atoms with Gasteiger partial charge in [0.15, 0.2) is 0 Å². The maximum Gasteiger partial charge on any atom is 0.416 e. The molecule has 3 aromatic rings. The van der Waals surface area contributed by atoms with Crippen LogP contribution < -0.4 is 5.32 Å². The van der Waals surface area contributed by atoms with E-state index in [1.807, 2.05) is 30.0 Å². The van der Waals surface area contributed by atoms with Gasteiger partial charge in [0.1, 0.15) is 12.2 Å². The number of aromatic amines is 1. The van der Waals surface area contributed by atoms with Crippen LogP contribution in [0.25, 0.3) is 10.9 Å². The van der Waals surface area contributed by atoms with Crippen molar-refractivity contribution in [2.45, 2.75) is 25.9 Å². The number of aliphatic imine (C=N–C) groups is 1. The number of hydrogen-bond acceptors (Lipinski definition) is 8. The fourth-order valence-corrected chi connectivity index (χ4v) is 6.96. The number of alkyl halides is 3. The van der Waals surface area contributed by atoms with Crippen LogP contribution in [0.2, 0.25) is 5.02 Å². The number of piperazine rings is 1. The fraction of sp³-hybridized carbons (Fsp3) is 0.343. The molecule has 16 heteroatoms. The molecule has 0 bridgehead atoms. The zero-order valence-electron chi connectivity index (χ0n) is 27.6. The molecule has 0 saturated carbocycles. The highest BCUT2D eigenvalue weighted by Crippen LogP contribution is 2.35. The molecule has 7 rings (SSSR count). The van der Waals surface area contributed by atoms with E-state index in [0.717, 1.165) is 29.2 Å². The summed E-state index contributed by atoms with van der Waals surface area (Å²) >= 11 is 6.16. The van der Waals surface area contributed by atoms with Crippen molar-refractivity contribution in [1.82, 2.24) is 29.6 Å². The van der Waals surface area contributed by atoms with E-state index < -0.39 is 17.6 Å². The zero-order valence-corrected chi connectivity index (χ0v) is 28.4. The number of pyridine rings is 1. The molecule has 0 atom stereocenters. The molecular formula is C35H34ClF3N8O4. The summed E-state index contributed by atoms with van der Waals surface area (Å²) in [6, 6.07) is 4.57. The van der Waals surface area contributed by atoms with E-state index in [4.69, 9.17) is 21.3 Å². The van der Waals surface area contributed by atoms with Crippen molar-refractivity contribution in [3.63, 3.8) is 0 Å². The lowest BCUT2D eigenvalue weighted by Crippen LogP contribution is -2.59. The molecule has 0 aliphatic carbocycles. The van der Waals surface area contributed by atoms with Crippen LogP contribution in [0.4, 0.5) is 18.9 Å². The van der Waals surface area contributed by atoms with Crippen molar-refractivity contribution in [3.05, 3.63) is 93.8 Å². The van der Waals surface area contributed by atoms with Crippen LogP contribution in [0.5, 0.6) is 0 Å². The molecule has 0 radical (unpaired) electrons.